The first-order chi connectivity index (χ1) is 21.2. The van der Waals surface area contributed by atoms with E-state index in [1.807, 2.05) is 0 Å². The standard InChI is InChI=1S/C29H33N7O8/c1-2-43-29(42)35-11-9-34(10-12-35)28(41)21(7-8-26(38)39)32-27(40)22-13-24(19-5-3-4-6-20(19)31-22)44-17-25(37)36-15-18-14-30-33-23(18)16-36/h3-6,13-14,21H,2,7-12,15-17H2,1H3,(H,30,33)(H,32,40)(H,38,39)/t21-/m0/s1. The van der Waals surface area contributed by atoms with Crippen LogP contribution >= 0.6 is 0 Å². The minimum atomic E-state index is -1.14. The number of amides is 4. The molecule has 3 aromatic rings. The number of hydrogen-bond donors (Lipinski definition) is 3. The van der Waals surface area contributed by atoms with Gasteiger partial charge < -0.3 is 34.6 Å². The lowest BCUT2D eigenvalue weighted by Gasteiger charge is -2.35. The lowest BCUT2D eigenvalue weighted by molar-refractivity contribution is -0.138. The molecule has 4 heterocycles. The number of carboxylic acid groups (broad SMARTS) is 1. The van der Waals surface area contributed by atoms with Gasteiger partial charge in [-0.15, -0.1) is 0 Å². The largest absolute Gasteiger partial charge is 0.483 e. The van der Waals surface area contributed by atoms with Crippen molar-refractivity contribution in [2.24, 2.45) is 0 Å². The molecule has 15 heteroatoms. The zero-order chi connectivity index (χ0) is 31.2. The Morgan fingerprint density at radius 1 is 1.05 bits per heavy atom. The summed E-state index contributed by atoms with van der Waals surface area (Å²) in [5.74, 6) is -2.27. The van der Waals surface area contributed by atoms with E-state index in [-0.39, 0.29) is 69.6 Å². The van der Waals surface area contributed by atoms with E-state index >= 15 is 0 Å². The van der Waals surface area contributed by atoms with Crippen LogP contribution in [-0.2, 0) is 32.2 Å². The number of nitrogens with zero attached hydrogens (tertiary/aromatic N) is 5. The molecule has 0 aliphatic carbocycles. The van der Waals surface area contributed by atoms with E-state index in [0.29, 0.717) is 24.0 Å². The van der Waals surface area contributed by atoms with E-state index < -0.39 is 29.9 Å². The molecule has 1 saturated heterocycles. The molecule has 5 rings (SSSR count). The molecular weight excluding hydrogens is 574 g/mol. The van der Waals surface area contributed by atoms with E-state index in [2.05, 4.69) is 20.5 Å². The van der Waals surface area contributed by atoms with Gasteiger partial charge in [-0.2, -0.15) is 5.10 Å². The highest BCUT2D eigenvalue weighted by Crippen LogP contribution is 2.26. The monoisotopic (exact) mass is 607 g/mol. The van der Waals surface area contributed by atoms with Gasteiger partial charge in [0, 0.05) is 56.2 Å². The first-order valence-corrected chi connectivity index (χ1v) is 14.3. The molecular formula is C29H33N7O8. The number of carbonyl (C=O) groups excluding carboxylic acids is 4. The number of carbonyl (C=O) groups is 5. The van der Waals surface area contributed by atoms with Gasteiger partial charge in [0.2, 0.25) is 5.91 Å². The first kappa shape index (κ1) is 30.3. The average Bonchev–Trinajstić information content (AvgIpc) is 3.64. The maximum absolute atomic E-state index is 13.4. The van der Waals surface area contributed by atoms with Crippen LogP contribution in [0.5, 0.6) is 5.75 Å². The molecule has 0 unspecified atom stereocenters. The Bertz CT molecular complexity index is 1550. The van der Waals surface area contributed by atoms with Crippen molar-refractivity contribution < 1.29 is 38.6 Å². The average molecular weight is 608 g/mol. The summed E-state index contributed by atoms with van der Waals surface area (Å²) >= 11 is 0. The highest BCUT2D eigenvalue weighted by molar-refractivity contribution is 5.99. The second-order valence-electron chi connectivity index (χ2n) is 10.4. The zero-order valence-corrected chi connectivity index (χ0v) is 24.2. The fourth-order valence-corrected chi connectivity index (χ4v) is 5.15. The molecule has 232 valence electrons. The number of aromatic amines is 1. The molecule has 1 atom stereocenters. The maximum Gasteiger partial charge on any atom is 0.409 e. The highest BCUT2D eigenvalue weighted by Gasteiger charge is 2.31. The summed E-state index contributed by atoms with van der Waals surface area (Å²) < 4.78 is 10.9. The predicted molar refractivity (Wildman–Crippen MR) is 153 cm³/mol. The summed E-state index contributed by atoms with van der Waals surface area (Å²) in [6, 6.07) is 7.22. The first-order valence-electron chi connectivity index (χ1n) is 14.3. The highest BCUT2D eigenvalue weighted by atomic mass is 16.6. The Balaban J connectivity index is 1.28. The van der Waals surface area contributed by atoms with E-state index in [9.17, 15) is 29.1 Å². The molecule has 0 radical (unpaired) electrons. The zero-order valence-electron chi connectivity index (χ0n) is 24.2. The molecule has 15 nitrogen and oxygen atoms in total. The predicted octanol–water partition coefficient (Wildman–Crippen LogP) is 1.14. The van der Waals surface area contributed by atoms with Crippen LogP contribution in [0.4, 0.5) is 4.79 Å². The number of rotatable bonds is 10. The Labute approximate surface area is 252 Å². The minimum absolute atomic E-state index is 0.0615. The SMILES string of the molecule is CCOC(=O)N1CCN(C(=O)[C@H](CCC(=O)O)NC(=O)c2cc(OCC(=O)N3Cc4cn[nH]c4C3)c3ccccc3n2)CC1. The Kier molecular flexibility index (Phi) is 9.21. The van der Waals surface area contributed by atoms with Gasteiger partial charge in [-0.3, -0.25) is 24.3 Å². The summed E-state index contributed by atoms with van der Waals surface area (Å²) in [5.41, 5.74) is 2.20. The number of aromatic nitrogens is 3. The Hall–Kier alpha value is -5.21. The Morgan fingerprint density at radius 2 is 1.80 bits per heavy atom. The number of benzene rings is 1. The van der Waals surface area contributed by atoms with Crippen LogP contribution in [0, 0.1) is 0 Å². The quantitative estimate of drug-likeness (QED) is 0.302. The number of nitrogens with one attached hydrogen (secondary N) is 2. The van der Waals surface area contributed by atoms with Crippen LogP contribution in [0.25, 0.3) is 10.9 Å². The molecule has 1 aromatic carbocycles. The summed E-state index contributed by atoms with van der Waals surface area (Å²) in [4.78, 5) is 72.1. The number of carboxylic acids is 1. The van der Waals surface area contributed by atoms with Crippen molar-refractivity contribution in [1.82, 2.24) is 35.2 Å². The van der Waals surface area contributed by atoms with Crippen molar-refractivity contribution in [3.63, 3.8) is 0 Å². The fraction of sp³-hybridized carbons (Fsp3) is 0.414. The molecule has 3 N–H and O–H groups in total. The second-order valence-corrected chi connectivity index (χ2v) is 10.4. The lowest BCUT2D eigenvalue weighted by Crippen LogP contribution is -2.56. The topological polar surface area (TPSA) is 187 Å². The number of para-hydroxylation sites is 1. The molecule has 2 aliphatic heterocycles. The van der Waals surface area contributed by atoms with E-state index in [4.69, 9.17) is 9.47 Å². The number of H-pyrrole nitrogens is 1. The molecule has 0 spiro atoms. The van der Waals surface area contributed by atoms with Crippen LogP contribution < -0.4 is 10.1 Å². The third-order valence-electron chi connectivity index (χ3n) is 7.50. The van der Waals surface area contributed by atoms with Gasteiger partial charge in [0.25, 0.3) is 11.8 Å². The van der Waals surface area contributed by atoms with Crippen molar-refractivity contribution in [2.45, 2.75) is 38.9 Å². The molecule has 4 amide bonds. The van der Waals surface area contributed by atoms with Crippen molar-refractivity contribution in [3.05, 3.63) is 53.5 Å². The summed E-state index contributed by atoms with van der Waals surface area (Å²) in [6.45, 7) is 3.38. The number of ether oxygens (including phenoxy) is 2. The molecule has 0 saturated carbocycles. The van der Waals surface area contributed by atoms with Gasteiger partial charge >= 0.3 is 12.1 Å². The fourth-order valence-electron chi connectivity index (χ4n) is 5.15. The minimum Gasteiger partial charge on any atom is -0.483 e. The smallest absolute Gasteiger partial charge is 0.409 e. The molecule has 44 heavy (non-hydrogen) atoms. The number of pyridine rings is 1. The van der Waals surface area contributed by atoms with Crippen molar-refractivity contribution >= 4 is 40.7 Å². The van der Waals surface area contributed by atoms with Crippen LogP contribution in [0.1, 0.15) is 41.5 Å². The summed E-state index contributed by atoms with van der Waals surface area (Å²) in [7, 11) is 0. The van der Waals surface area contributed by atoms with Crippen LogP contribution in [0.3, 0.4) is 0 Å². The summed E-state index contributed by atoms with van der Waals surface area (Å²) in [5, 5.41) is 19.4. The molecule has 2 aromatic heterocycles. The summed E-state index contributed by atoms with van der Waals surface area (Å²) in [6.07, 6.45) is 0.723. The van der Waals surface area contributed by atoms with E-state index in [1.165, 1.54) is 15.9 Å². The van der Waals surface area contributed by atoms with Gasteiger partial charge in [0.1, 0.15) is 17.5 Å². The van der Waals surface area contributed by atoms with Gasteiger partial charge in [0.15, 0.2) is 6.61 Å². The molecule has 1 fully saturated rings. The third kappa shape index (κ3) is 6.88. The third-order valence-corrected chi connectivity index (χ3v) is 7.50. The van der Waals surface area contributed by atoms with Gasteiger partial charge in [-0.25, -0.2) is 9.78 Å². The van der Waals surface area contributed by atoms with Gasteiger partial charge in [0.05, 0.1) is 30.6 Å². The molecule has 0 bridgehead atoms. The Morgan fingerprint density at radius 3 is 2.52 bits per heavy atom. The number of piperazine rings is 1. The van der Waals surface area contributed by atoms with Crippen LogP contribution in [0.15, 0.2) is 36.5 Å². The van der Waals surface area contributed by atoms with Crippen LogP contribution in [-0.4, -0.2) is 110 Å². The van der Waals surface area contributed by atoms with Crippen molar-refractivity contribution in [1.29, 1.82) is 0 Å². The molecule has 2 aliphatic rings. The van der Waals surface area contributed by atoms with Gasteiger partial charge in [-0.1, -0.05) is 12.1 Å². The van der Waals surface area contributed by atoms with E-state index in [0.717, 1.165) is 11.3 Å². The number of hydrogen-bond acceptors (Lipinski definition) is 9. The number of aliphatic carboxylic acids is 1. The number of fused-ring (bicyclic) bond motifs is 2. The van der Waals surface area contributed by atoms with Crippen LogP contribution in [0.2, 0.25) is 0 Å². The van der Waals surface area contributed by atoms with Crippen molar-refractivity contribution in [2.75, 3.05) is 39.4 Å². The lowest BCUT2D eigenvalue weighted by atomic mass is 10.1. The van der Waals surface area contributed by atoms with E-state index in [1.54, 1.807) is 42.3 Å². The normalized spacial score (nSPS) is 15.1. The van der Waals surface area contributed by atoms with Crippen molar-refractivity contribution in [3.8, 4) is 5.75 Å². The second kappa shape index (κ2) is 13.4. The maximum atomic E-state index is 13.4. The van der Waals surface area contributed by atoms with Gasteiger partial charge in [-0.05, 0) is 25.5 Å².